The molecule has 0 aromatic rings. The highest BCUT2D eigenvalue weighted by atomic mass is 35.5. The zero-order valence-electron chi connectivity index (χ0n) is 15.7. The van der Waals surface area contributed by atoms with Crippen molar-refractivity contribution in [1.29, 1.82) is 0 Å². The van der Waals surface area contributed by atoms with E-state index in [2.05, 4.69) is 6.92 Å². The molecule has 0 aliphatic heterocycles. The molecule has 0 radical (unpaired) electrons. The minimum Gasteiger partial charge on any atom is -0.388 e. The zero-order valence-corrected chi connectivity index (χ0v) is 17.2. The average molecular weight is 413 g/mol. The molecule has 0 amide bonds. The van der Waals surface area contributed by atoms with Crippen LogP contribution < -0.4 is 0 Å². The van der Waals surface area contributed by atoms with Gasteiger partial charge in [0.15, 0.2) is 11.6 Å². The maximum Gasteiger partial charge on any atom is 0.190 e. The van der Waals surface area contributed by atoms with Crippen molar-refractivity contribution in [3.05, 3.63) is 23.8 Å². The predicted octanol–water partition coefficient (Wildman–Crippen LogP) is 3.17. The first kappa shape index (κ1) is 19.6. The normalized spacial score (nSPS) is 51.3. The number of aliphatic hydroxyl groups excluding tert-OH is 1. The summed E-state index contributed by atoms with van der Waals surface area (Å²) in [4.78, 5) is 23.6. The van der Waals surface area contributed by atoms with Crippen LogP contribution in [0, 0.1) is 22.7 Å². The second kappa shape index (κ2) is 5.91. The molecule has 4 aliphatic rings. The number of rotatable bonds is 2. The van der Waals surface area contributed by atoms with Gasteiger partial charge in [0.05, 0.1) is 10.3 Å². The molecule has 2 unspecified atom stereocenters. The molecule has 0 heterocycles. The van der Waals surface area contributed by atoms with Gasteiger partial charge in [-0.3, -0.25) is 9.59 Å². The third-order valence-corrected chi connectivity index (χ3v) is 9.90. The molecule has 0 aromatic carbocycles. The Morgan fingerprint density at radius 3 is 2.67 bits per heavy atom. The summed E-state index contributed by atoms with van der Waals surface area (Å²) < 4.78 is 0. The Morgan fingerprint density at radius 1 is 1.30 bits per heavy atom. The van der Waals surface area contributed by atoms with Gasteiger partial charge < -0.3 is 10.2 Å². The SMILES string of the molecule is C[C@]12C=CC(=O)C=C1CC[C@H]1[C@@H]3CC[C@](O)(C(=O)CO)[C@@]3(C)CC(Cl)C12Cl. The van der Waals surface area contributed by atoms with E-state index in [1.54, 1.807) is 12.2 Å². The van der Waals surface area contributed by atoms with Gasteiger partial charge in [-0.1, -0.05) is 25.5 Å². The third-order valence-electron chi connectivity index (χ3n) is 8.35. The van der Waals surface area contributed by atoms with Gasteiger partial charge in [0.1, 0.15) is 12.2 Å². The molecule has 3 fully saturated rings. The van der Waals surface area contributed by atoms with Crippen LogP contribution in [0.5, 0.6) is 0 Å². The van der Waals surface area contributed by atoms with Gasteiger partial charge in [0.2, 0.25) is 0 Å². The fraction of sp³-hybridized carbons (Fsp3) is 0.714. The van der Waals surface area contributed by atoms with Gasteiger partial charge in [-0.05, 0) is 56.1 Å². The molecule has 4 nitrogen and oxygen atoms in total. The summed E-state index contributed by atoms with van der Waals surface area (Å²) >= 11 is 14.3. The number of ketones is 2. The summed E-state index contributed by atoms with van der Waals surface area (Å²) in [5.41, 5.74) is -1.78. The second-order valence-electron chi connectivity index (χ2n) is 9.20. The number of Topliss-reactive ketones (excluding diaryl/α,β-unsaturated/α-hetero) is 1. The van der Waals surface area contributed by atoms with E-state index in [0.717, 1.165) is 18.4 Å². The molecule has 7 atom stereocenters. The summed E-state index contributed by atoms with van der Waals surface area (Å²) in [5, 5.41) is 20.2. The van der Waals surface area contributed by atoms with Crippen molar-refractivity contribution in [3.8, 4) is 0 Å². The Balaban J connectivity index is 1.81. The van der Waals surface area contributed by atoms with Crippen molar-refractivity contribution >= 4 is 34.8 Å². The highest BCUT2D eigenvalue weighted by Crippen LogP contribution is 2.71. The van der Waals surface area contributed by atoms with Gasteiger partial charge in [-0.25, -0.2) is 0 Å². The molecule has 27 heavy (non-hydrogen) atoms. The van der Waals surface area contributed by atoms with Gasteiger partial charge in [-0.15, -0.1) is 23.2 Å². The zero-order chi connectivity index (χ0) is 19.8. The fourth-order valence-corrected chi connectivity index (χ4v) is 7.97. The monoisotopic (exact) mass is 412 g/mol. The minimum atomic E-state index is -1.56. The topological polar surface area (TPSA) is 74.6 Å². The van der Waals surface area contributed by atoms with E-state index in [-0.39, 0.29) is 17.6 Å². The molecular weight excluding hydrogens is 387 g/mol. The fourth-order valence-electron chi connectivity index (χ4n) is 6.74. The van der Waals surface area contributed by atoms with Gasteiger partial charge in [-0.2, -0.15) is 0 Å². The van der Waals surface area contributed by atoms with Crippen LogP contribution in [0.3, 0.4) is 0 Å². The Kier molecular flexibility index (Phi) is 4.30. The van der Waals surface area contributed by atoms with Crippen LogP contribution in [0.4, 0.5) is 0 Å². The van der Waals surface area contributed by atoms with Crippen LogP contribution >= 0.6 is 23.2 Å². The number of allylic oxidation sites excluding steroid dienone is 4. The van der Waals surface area contributed by atoms with E-state index in [1.165, 1.54) is 0 Å². The van der Waals surface area contributed by atoms with Crippen molar-refractivity contribution in [1.82, 2.24) is 0 Å². The second-order valence-corrected chi connectivity index (χ2v) is 10.3. The van der Waals surface area contributed by atoms with Crippen molar-refractivity contribution in [3.63, 3.8) is 0 Å². The minimum absolute atomic E-state index is 0.0148. The van der Waals surface area contributed by atoms with Crippen molar-refractivity contribution in [2.24, 2.45) is 22.7 Å². The van der Waals surface area contributed by atoms with E-state index in [1.807, 2.05) is 13.0 Å². The number of halogens is 2. The van der Waals surface area contributed by atoms with Crippen molar-refractivity contribution < 1.29 is 19.8 Å². The van der Waals surface area contributed by atoms with Gasteiger partial charge >= 0.3 is 0 Å². The highest BCUT2D eigenvalue weighted by molar-refractivity contribution is 6.34. The molecular formula is C21H26Cl2O4. The molecule has 0 bridgehead atoms. The number of aliphatic hydroxyl groups is 2. The Hall–Kier alpha value is -0.680. The molecule has 4 aliphatic carbocycles. The smallest absolute Gasteiger partial charge is 0.190 e. The van der Waals surface area contributed by atoms with Gasteiger partial charge in [0.25, 0.3) is 0 Å². The first-order valence-electron chi connectivity index (χ1n) is 9.68. The van der Waals surface area contributed by atoms with Crippen LogP contribution in [0.25, 0.3) is 0 Å². The van der Waals surface area contributed by atoms with Crippen molar-refractivity contribution in [2.45, 2.75) is 61.8 Å². The molecule has 0 spiro atoms. The Bertz CT molecular complexity index is 776. The Morgan fingerprint density at radius 2 is 2.00 bits per heavy atom. The lowest BCUT2D eigenvalue weighted by atomic mass is 9.46. The van der Waals surface area contributed by atoms with Gasteiger partial charge in [0, 0.05) is 10.8 Å². The van der Waals surface area contributed by atoms with Crippen LogP contribution in [0.1, 0.15) is 46.0 Å². The first-order chi connectivity index (χ1) is 12.5. The largest absolute Gasteiger partial charge is 0.388 e. The third kappa shape index (κ3) is 2.19. The van der Waals surface area contributed by atoms with E-state index in [9.17, 15) is 19.8 Å². The van der Waals surface area contributed by atoms with E-state index in [4.69, 9.17) is 23.2 Å². The summed E-state index contributed by atoms with van der Waals surface area (Å²) in [7, 11) is 0. The van der Waals surface area contributed by atoms with E-state index in [0.29, 0.717) is 19.3 Å². The summed E-state index contributed by atoms with van der Waals surface area (Å²) in [6.45, 7) is 3.31. The molecule has 2 N–H and O–H groups in total. The number of carbonyl (C=O) groups is 2. The summed E-state index contributed by atoms with van der Waals surface area (Å²) in [6, 6.07) is 0. The van der Waals surface area contributed by atoms with Crippen LogP contribution in [-0.4, -0.2) is 44.2 Å². The van der Waals surface area contributed by atoms with Crippen molar-refractivity contribution in [2.75, 3.05) is 6.61 Å². The molecule has 6 heteroatoms. The van der Waals surface area contributed by atoms with E-state index < -0.39 is 39.1 Å². The average Bonchev–Trinajstić information content (AvgIpc) is 2.88. The predicted molar refractivity (Wildman–Crippen MR) is 104 cm³/mol. The number of alkyl halides is 2. The molecule has 148 valence electrons. The summed E-state index contributed by atoms with van der Waals surface area (Å²) in [5.74, 6) is -0.489. The number of fused-ring (bicyclic) bond motifs is 5. The molecule has 0 aromatic heterocycles. The number of hydrogen-bond donors (Lipinski definition) is 2. The first-order valence-corrected chi connectivity index (χ1v) is 10.5. The number of hydrogen-bond acceptors (Lipinski definition) is 4. The highest BCUT2D eigenvalue weighted by Gasteiger charge is 2.72. The van der Waals surface area contributed by atoms with Crippen LogP contribution in [0.15, 0.2) is 23.8 Å². The standard InChI is InChI=1S/C21H26Cl2O4/c1-18-7-5-13(25)9-12(18)3-4-15-14-6-8-20(27,17(26)11-24)19(14,2)10-16(22)21(15,18)23/h5,7,9,14-16,24,27H,3-4,6,8,10-11H2,1-2H3/t14-,15-,16?,18-,19-,20-,21?/m0/s1. The lowest BCUT2D eigenvalue weighted by molar-refractivity contribution is -0.161. The Labute approximate surface area is 169 Å². The number of carbonyl (C=O) groups excluding carboxylic acids is 2. The lowest BCUT2D eigenvalue weighted by Gasteiger charge is -2.63. The quantitative estimate of drug-likeness (QED) is 0.682. The maximum atomic E-state index is 12.4. The molecule has 4 rings (SSSR count). The molecule has 0 saturated heterocycles. The van der Waals surface area contributed by atoms with E-state index >= 15 is 0 Å². The lowest BCUT2D eigenvalue weighted by Crippen LogP contribution is -2.67. The molecule has 3 saturated carbocycles. The van der Waals surface area contributed by atoms with Crippen LogP contribution in [0.2, 0.25) is 0 Å². The van der Waals surface area contributed by atoms with Crippen LogP contribution in [-0.2, 0) is 9.59 Å². The maximum absolute atomic E-state index is 12.4. The summed E-state index contributed by atoms with van der Waals surface area (Å²) in [6.07, 6.45) is 8.11.